The van der Waals surface area contributed by atoms with Gasteiger partial charge in [-0.3, -0.25) is 4.98 Å². The molecule has 0 saturated carbocycles. The van der Waals surface area contributed by atoms with E-state index in [9.17, 15) is 0 Å². The van der Waals surface area contributed by atoms with Gasteiger partial charge in [-0.2, -0.15) is 0 Å². The summed E-state index contributed by atoms with van der Waals surface area (Å²) in [5.41, 5.74) is 10.1. The summed E-state index contributed by atoms with van der Waals surface area (Å²) in [4.78, 5) is 4.98. The van der Waals surface area contributed by atoms with Crippen molar-refractivity contribution in [3.63, 3.8) is 0 Å². The third-order valence-electron chi connectivity index (χ3n) is 2.52. The smallest absolute Gasteiger partial charge is 0.230 e. The molecule has 0 aliphatic heterocycles. The number of nitrogens with zero attached hydrogens (tertiary/aromatic N) is 2. The number of halogens is 1. The van der Waals surface area contributed by atoms with Crippen molar-refractivity contribution < 1.29 is 4.52 Å². The van der Waals surface area contributed by atoms with Crippen LogP contribution < -0.4 is 5.73 Å². The zero-order chi connectivity index (χ0) is 12.5. The first-order valence-electron chi connectivity index (χ1n) is 5.15. The number of thiazole rings is 1. The molecule has 90 valence electrons. The zero-order valence-electron chi connectivity index (χ0n) is 9.13. The van der Waals surface area contributed by atoms with Gasteiger partial charge in [-0.25, -0.2) is 0 Å². The Morgan fingerprint density at radius 2 is 2.00 bits per heavy atom. The Balaban J connectivity index is 2.17. The van der Waals surface area contributed by atoms with E-state index in [0.717, 1.165) is 26.2 Å². The number of benzene rings is 1. The Morgan fingerprint density at radius 1 is 1.22 bits per heavy atom. The van der Waals surface area contributed by atoms with Gasteiger partial charge in [0.25, 0.3) is 0 Å². The number of nitrogens with two attached hydrogens (primary N) is 1. The van der Waals surface area contributed by atoms with Crippen LogP contribution in [0.1, 0.15) is 0 Å². The summed E-state index contributed by atoms with van der Waals surface area (Å²) in [6.07, 6.45) is 1.75. The van der Waals surface area contributed by atoms with E-state index in [1.807, 2.05) is 24.3 Å². The quantitative estimate of drug-likeness (QED) is 0.779. The summed E-state index contributed by atoms with van der Waals surface area (Å²) >= 11 is 4.91. The van der Waals surface area contributed by atoms with Gasteiger partial charge in [-0.1, -0.05) is 33.2 Å². The van der Waals surface area contributed by atoms with Crippen LogP contribution in [0.4, 0.5) is 5.88 Å². The Morgan fingerprint density at radius 3 is 2.67 bits per heavy atom. The molecule has 0 spiro atoms. The van der Waals surface area contributed by atoms with Gasteiger partial charge in [0.05, 0.1) is 16.0 Å². The molecule has 18 heavy (non-hydrogen) atoms. The lowest BCUT2D eigenvalue weighted by atomic mass is 10.1. The Hall–Kier alpha value is -1.66. The molecule has 2 aromatic heterocycles. The second-order valence-electron chi connectivity index (χ2n) is 3.64. The lowest BCUT2D eigenvalue weighted by Crippen LogP contribution is -1.86. The van der Waals surface area contributed by atoms with E-state index in [1.54, 1.807) is 11.7 Å². The highest BCUT2D eigenvalue weighted by molar-refractivity contribution is 9.10. The lowest BCUT2D eigenvalue weighted by molar-refractivity contribution is 0.439. The van der Waals surface area contributed by atoms with Gasteiger partial charge >= 0.3 is 0 Å². The predicted molar refractivity (Wildman–Crippen MR) is 75.2 cm³/mol. The maximum atomic E-state index is 5.86. The molecule has 0 bridgehead atoms. The minimum Gasteiger partial charge on any atom is -0.367 e. The average molecular weight is 322 g/mol. The molecule has 0 fully saturated rings. The summed E-state index contributed by atoms with van der Waals surface area (Å²) < 4.78 is 6.11. The SMILES string of the molecule is Nc1onc(-c2cncs2)c1-c1ccc(Br)cc1. The molecule has 6 heteroatoms. The first-order valence-corrected chi connectivity index (χ1v) is 6.83. The van der Waals surface area contributed by atoms with E-state index in [-0.39, 0.29) is 0 Å². The molecule has 3 rings (SSSR count). The standard InChI is InChI=1S/C12H8BrN3OS/c13-8-3-1-7(2-4-8)10-11(16-17-12(10)14)9-5-15-6-18-9/h1-6H,14H2. The van der Waals surface area contributed by atoms with Gasteiger partial charge in [0.2, 0.25) is 5.88 Å². The van der Waals surface area contributed by atoms with Crippen molar-refractivity contribution in [2.24, 2.45) is 0 Å². The Labute approximate surface area is 116 Å². The average Bonchev–Trinajstić information content (AvgIpc) is 2.99. The van der Waals surface area contributed by atoms with Gasteiger partial charge < -0.3 is 10.3 Å². The van der Waals surface area contributed by atoms with Crippen LogP contribution in [0.2, 0.25) is 0 Å². The van der Waals surface area contributed by atoms with Crippen molar-refractivity contribution in [2.45, 2.75) is 0 Å². The summed E-state index contributed by atoms with van der Waals surface area (Å²) in [6.45, 7) is 0. The van der Waals surface area contributed by atoms with Crippen LogP contribution >= 0.6 is 27.3 Å². The van der Waals surface area contributed by atoms with Crippen molar-refractivity contribution in [3.05, 3.63) is 40.4 Å². The van der Waals surface area contributed by atoms with Crippen LogP contribution in [0, 0.1) is 0 Å². The molecule has 2 N–H and O–H groups in total. The molecule has 3 aromatic rings. The van der Waals surface area contributed by atoms with Gasteiger partial charge in [0, 0.05) is 10.7 Å². The zero-order valence-corrected chi connectivity index (χ0v) is 11.5. The number of hydrogen-bond acceptors (Lipinski definition) is 5. The maximum Gasteiger partial charge on any atom is 0.230 e. The van der Waals surface area contributed by atoms with E-state index >= 15 is 0 Å². The number of anilines is 1. The third kappa shape index (κ3) is 1.93. The lowest BCUT2D eigenvalue weighted by Gasteiger charge is -2.01. The second kappa shape index (κ2) is 4.55. The fourth-order valence-electron chi connectivity index (χ4n) is 1.70. The molecule has 0 unspecified atom stereocenters. The molecule has 2 heterocycles. The van der Waals surface area contributed by atoms with Gasteiger partial charge in [0.15, 0.2) is 0 Å². The van der Waals surface area contributed by atoms with Crippen molar-refractivity contribution in [1.29, 1.82) is 0 Å². The molecule has 0 saturated heterocycles. The number of rotatable bonds is 2. The van der Waals surface area contributed by atoms with Crippen molar-refractivity contribution in [1.82, 2.24) is 10.1 Å². The minimum absolute atomic E-state index is 0.320. The molecule has 4 nitrogen and oxygen atoms in total. The molecule has 0 atom stereocenters. The highest BCUT2D eigenvalue weighted by Gasteiger charge is 2.18. The van der Waals surface area contributed by atoms with Crippen molar-refractivity contribution >= 4 is 33.2 Å². The largest absolute Gasteiger partial charge is 0.367 e. The second-order valence-corrected chi connectivity index (χ2v) is 5.45. The molecule has 0 radical (unpaired) electrons. The number of aromatic nitrogens is 2. The van der Waals surface area contributed by atoms with Gasteiger partial charge in [-0.05, 0) is 17.7 Å². The summed E-state index contributed by atoms with van der Waals surface area (Å²) in [6, 6.07) is 7.85. The first-order chi connectivity index (χ1) is 8.75. The van der Waals surface area contributed by atoms with E-state index in [4.69, 9.17) is 10.3 Å². The molecular formula is C12H8BrN3OS. The van der Waals surface area contributed by atoms with E-state index in [2.05, 4.69) is 26.1 Å². The number of nitrogen functional groups attached to an aromatic ring is 1. The van der Waals surface area contributed by atoms with Crippen molar-refractivity contribution in [2.75, 3.05) is 5.73 Å². The van der Waals surface area contributed by atoms with Crippen molar-refractivity contribution in [3.8, 4) is 21.7 Å². The van der Waals surface area contributed by atoms with Crippen LogP contribution in [0.25, 0.3) is 21.7 Å². The topological polar surface area (TPSA) is 64.9 Å². The minimum atomic E-state index is 0.320. The highest BCUT2D eigenvalue weighted by Crippen LogP contribution is 2.37. The predicted octanol–water partition coefficient (Wildman–Crippen LogP) is 3.81. The highest BCUT2D eigenvalue weighted by atomic mass is 79.9. The molecule has 0 aliphatic rings. The van der Waals surface area contributed by atoms with Crippen LogP contribution in [0.15, 0.2) is 45.0 Å². The Kier molecular flexibility index (Phi) is 2.89. The van der Waals surface area contributed by atoms with Gasteiger partial charge in [0.1, 0.15) is 5.69 Å². The van der Waals surface area contributed by atoms with Crippen LogP contribution in [0.5, 0.6) is 0 Å². The van der Waals surface area contributed by atoms with E-state index < -0.39 is 0 Å². The normalized spacial score (nSPS) is 10.7. The molecule has 0 amide bonds. The van der Waals surface area contributed by atoms with Crippen LogP contribution in [-0.2, 0) is 0 Å². The fraction of sp³-hybridized carbons (Fsp3) is 0. The molecule has 1 aromatic carbocycles. The summed E-state index contributed by atoms with van der Waals surface area (Å²) in [5, 5.41) is 4.02. The molecular weight excluding hydrogens is 314 g/mol. The Bertz CT molecular complexity index is 661. The fourth-order valence-corrected chi connectivity index (χ4v) is 2.57. The molecule has 0 aliphatic carbocycles. The van der Waals surface area contributed by atoms with Gasteiger partial charge in [-0.15, -0.1) is 11.3 Å². The summed E-state index contributed by atoms with van der Waals surface area (Å²) in [7, 11) is 0. The van der Waals surface area contributed by atoms with Crippen LogP contribution in [0.3, 0.4) is 0 Å². The summed E-state index contributed by atoms with van der Waals surface area (Å²) in [5.74, 6) is 0.320. The number of hydrogen-bond donors (Lipinski definition) is 1. The van der Waals surface area contributed by atoms with E-state index in [1.165, 1.54) is 11.3 Å². The maximum absolute atomic E-state index is 5.86. The van der Waals surface area contributed by atoms with Crippen LogP contribution in [-0.4, -0.2) is 10.1 Å². The van der Waals surface area contributed by atoms with E-state index in [0.29, 0.717) is 5.88 Å². The monoisotopic (exact) mass is 321 g/mol. The first kappa shape index (κ1) is 11.4. The third-order valence-corrected chi connectivity index (χ3v) is 3.83.